The molecule has 1 amide bonds. The van der Waals surface area contributed by atoms with Gasteiger partial charge in [0.15, 0.2) is 5.96 Å². The summed E-state index contributed by atoms with van der Waals surface area (Å²) in [4.78, 5) is 16.2. The molecule has 21 heavy (non-hydrogen) atoms. The van der Waals surface area contributed by atoms with Gasteiger partial charge in [-0.05, 0) is 26.2 Å². The van der Waals surface area contributed by atoms with Crippen LogP contribution in [0.15, 0.2) is 4.99 Å². The maximum atomic E-state index is 11.9. The summed E-state index contributed by atoms with van der Waals surface area (Å²) in [5.74, 6) is 0.768. The number of nitrogens with one attached hydrogen (secondary N) is 3. The minimum absolute atomic E-state index is 0. The van der Waals surface area contributed by atoms with Gasteiger partial charge in [0.2, 0.25) is 5.91 Å². The number of unbranched alkanes of at least 4 members (excludes halogenated alkanes) is 1. The molecular weight excluding hydrogens is 379 g/mol. The van der Waals surface area contributed by atoms with Crippen molar-refractivity contribution < 1.29 is 4.79 Å². The van der Waals surface area contributed by atoms with Crippen LogP contribution in [0.4, 0.5) is 0 Å². The zero-order valence-electron chi connectivity index (χ0n) is 13.4. The van der Waals surface area contributed by atoms with Gasteiger partial charge in [0.1, 0.15) is 6.54 Å². The summed E-state index contributed by atoms with van der Waals surface area (Å²) < 4.78 is 0. The molecular formula is C15H31IN4O. The van der Waals surface area contributed by atoms with Gasteiger partial charge in [0.05, 0.1) is 0 Å². The lowest BCUT2D eigenvalue weighted by Gasteiger charge is -2.22. The first-order valence-corrected chi connectivity index (χ1v) is 8.07. The molecule has 0 spiro atoms. The second kappa shape index (κ2) is 13.2. The molecule has 1 aliphatic carbocycles. The first-order chi connectivity index (χ1) is 9.76. The van der Waals surface area contributed by atoms with Gasteiger partial charge in [-0.15, -0.1) is 24.0 Å². The van der Waals surface area contributed by atoms with Crippen LogP contribution < -0.4 is 16.0 Å². The van der Waals surface area contributed by atoms with Crippen molar-refractivity contribution in [3.63, 3.8) is 0 Å². The van der Waals surface area contributed by atoms with Gasteiger partial charge in [0.25, 0.3) is 0 Å². The number of hydrogen-bond acceptors (Lipinski definition) is 2. The van der Waals surface area contributed by atoms with Crippen molar-refractivity contribution in [2.24, 2.45) is 4.99 Å². The molecule has 0 aromatic heterocycles. The molecule has 1 rings (SSSR count). The number of aliphatic imine (C=N–C) groups is 1. The van der Waals surface area contributed by atoms with Crippen molar-refractivity contribution in [1.29, 1.82) is 0 Å². The van der Waals surface area contributed by atoms with Crippen molar-refractivity contribution >= 4 is 35.8 Å². The minimum atomic E-state index is 0. The van der Waals surface area contributed by atoms with Gasteiger partial charge in [-0.1, -0.05) is 32.6 Å². The Balaban J connectivity index is 0.00000400. The third-order valence-corrected chi connectivity index (χ3v) is 3.52. The summed E-state index contributed by atoms with van der Waals surface area (Å²) in [6.45, 7) is 6.09. The van der Waals surface area contributed by atoms with Crippen LogP contribution >= 0.6 is 24.0 Å². The Morgan fingerprint density at radius 3 is 2.48 bits per heavy atom. The topological polar surface area (TPSA) is 65.5 Å². The fourth-order valence-electron chi connectivity index (χ4n) is 2.40. The Hall–Kier alpha value is -0.530. The van der Waals surface area contributed by atoms with Gasteiger partial charge in [-0.3, -0.25) is 4.79 Å². The highest BCUT2D eigenvalue weighted by Gasteiger charge is 2.15. The Bertz CT molecular complexity index is 304. The predicted octanol–water partition coefficient (Wildman–Crippen LogP) is 2.41. The van der Waals surface area contributed by atoms with Gasteiger partial charge < -0.3 is 16.0 Å². The predicted molar refractivity (Wildman–Crippen MR) is 99.3 cm³/mol. The number of carbonyl (C=O) groups excluding carboxylic acids is 1. The van der Waals surface area contributed by atoms with Crippen LogP contribution in [0.3, 0.4) is 0 Å². The number of halogens is 1. The average molecular weight is 410 g/mol. The maximum absolute atomic E-state index is 11.9. The molecule has 0 bridgehead atoms. The van der Waals surface area contributed by atoms with Crippen molar-refractivity contribution in [2.75, 3.05) is 19.6 Å². The maximum Gasteiger partial charge on any atom is 0.242 e. The highest BCUT2D eigenvalue weighted by atomic mass is 127. The van der Waals surface area contributed by atoms with Crippen LogP contribution in [0.1, 0.15) is 58.8 Å². The largest absolute Gasteiger partial charge is 0.357 e. The SMILES string of the molecule is CCCCNC(=NCC(=O)NC1CCCCC1)NCC.I. The molecule has 0 atom stereocenters. The van der Waals surface area contributed by atoms with Gasteiger partial charge >= 0.3 is 0 Å². The van der Waals surface area contributed by atoms with Crippen molar-refractivity contribution in [2.45, 2.75) is 64.8 Å². The average Bonchev–Trinajstić information content (AvgIpc) is 2.46. The Labute approximate surface area is 146 Å². The molecule has 6 heteroatoms. The number of guanidine groups is 1. The normalized spacial score (nSPS) is 16.0. The summed E-state index contributed by atoms with van der Waals surface area (Å²) >= 11 is 0. The van der Waals surface area contributed by atoms with Crippen LogP contribution in [-0.4, -0.2) is 37.5 Å². The van der Waals surface area contributed by atoms with Crippen molar-refractivity contribution in [3.05, 3.63) is 0 Å². The van der Waals surface area contributed by atoms with Crippen LogP contribution in [-0.2, 0) is 4.79 Å². The van der Waals surface area contributed by atoms with Crippen molar-refractivity contribution in [1.82, 2.24) is 16.0 Å². The molecule has 0 aliphatic heterocycles. The lowest BCUT2D eigenvalue weighted by atomic mass is 9.95. The molecule has 1 aliphatic rings. The molecule has 5 nitrogen and oxygen atoms in total. The van der Waals surface area contributed by atoms with Crippen LogP contribution in [0.2, 0.25) is 0 Å². The lowest BCUT2D eigenvalue weighted by Crippen LogP contribution is -2.40. The quantitative estimate of drug-likeness (QED) is 0.261. The van der Waals surface area contributed by atoms with E-state index >= 15 is 0 Å². The molecule has 3 N–H and O–H groups in total. The molecule has 0 aromatic rings. The van der Waals surface area contributed by atoms with Gasteiger partial charge in [-0.25, -0.2) is 4.99 Å². The van der Waals surface area contributed by atoms with E-state index < -0.39 is 0 Å². The minimum Gasteiger partial charge on any atom is -0.357 e. The summed E-state index contributed by atoms with van der Waals surface area (Å²) in [6.07, 6.45) is 8.25. The monoisotopic (exact) mass is 410 g/mol. The number of nitrogens with zero attached hydrogens (tertiary/aromatic N) is 1. The fourth-order valence-corrected chi connectivity index (χ4v) is 2.40. The van der Waals surface area contributed by atoms with Crippen LogP contribution in [0.25, 0.3) is 0 Å². The van der Waals surface area contributed by atoms with E-state index in [1.165, 1.54) is 19.3 Å². The second-order valence-electron chi connectivity index (χ2n) is 5.38. The smallest absolute Gasteiger partial charge is 0.242 e. The molecule has 0 radical (unpaired) electrons. The van der Waals surface area contributed by atoms with Crippen molar-refractivity contribution in [3.8, 4) is 0 Å². The van der Waals surface area contributed by atoms with E-state index in [4.69, 9.17) is 0 Å². The molecule has 0 saturated heterocycles. The summed E-state index contributed by atoms with van der Waals surface area (Å²) in [5.41, 5.74) is 0. The van der Waals surface area contributed by atoms with E-state index in [0.717, 1.165) is 44.7 Å². The molecule has 0 aromatic carbocycles. The Kier molecular flexibility index (Phi) is 12.8. The van der Waals surface area contributed by atoms with E-state index in [1.807, 2.05) is 6.92 Å². The van der Waals surface area contributed by atoms with Gasteiger partial charge in [0, 0.05) is 19.1 Å². The first-order valence-electron chi connectivity index (χ1n) is 8.07. The van der Waals surface area contributed by atoms with E-state index in [0.29, 0.717) is 6.04 Å². The van der Waals surface area contributed by atoms with Crippen LogP contribution in [0.5, 0.6) is 0 Å². The highest BCUT2D eigenvalue weighted by molar-refractivity contribution is 14.0. The number of amides is 1. The third kappa shape index (κ3) is 9.92. The molecule has 124 valence electrons. The molecule has 1 saturated carbocycles. The summed E-state index contributed by atoms with van der Waals surface area (Å²) in [5, 5.41) is 9.48. The fraction of sp³-hybridized carbons (Fsp3) is 0.867. The number of hydrogen-bond donors (Lipinski definition) is 3. The first kappa shape index (κ1) is 20.5. The number of rotatable bonds is 7. The Morgan fingerprint density at radius 1 is 1.14 bits per heavy atom. The lowest BCUT2D eigenvalue weighted by molar-refractivity contribution is -0.120. The van der Waals surface area contributed by atoms with Crippen LogP contribution in [0, 0.1) is 0 Å². The Morgan fingerprint density at radius 2 is 1.86 bits per heavy atom. The van der Waals surface area contributed by atoms with E-state index in [2.05, 4.69) is 27.9 Å². The van der Waals surface area contributed by atoms with E-state index in [-0.39, 0.29) is 36.4 Å². The molecule has 1 fully saturated rings. The van der Waals surface area contributed by atoms with E-state index in [9.17, 15) is 4.79 Å². The summed E-state index contributed by atoms with van der Waals surface area (Å²) in [6, 6.07) is 0.363. The summed E-state index contributed by atoms with van der Waals surface area (Å²) in [7, 11) is 0. The zero-order chi connectivity index (χ0) is 14.6. The van der Waals surface area contributed by atoms with Gasteiger partial charge in [-0.2, -0.15) is 0 Å². The third-order valence-electron chi connectivity index (χ3n) is 3.52. The standard InChI is InChI=1S/C15H30N4O.HI/c1-3-5-11-17-15(16-4-2)18-12-14(20)19-13-9-7-6-8-10-13;/h13H,3-12H2,1-2H3,(H,19,20)(H2,16,17,18);1H. The number of carbonyl (C=O) groups is 1. The van der Waals surface area contributed by atoms with E-state index in [1.54, 1.807) is 0 Å². The molecule has 0 heterocycles. The zero-order valence-corrected chi connectivity index (χ0v) is 15.7. The highest BCUT2D eigenvalue weighted by Crippen LogP contribution is 2.17. The molecule has 0 unspecified atom stereocenters. The second-order valence-corrected chi connectivity index (χ2v) is 5.38.